The van der Waals surface area contributed by atoms with Crippen molar-refractivity contribution in [3.63, 3.8) is 0 Å². The van der Waals surface area contributed by atoms with Gasteiger partial charge in [0.25, 0.3) is 0 Å². The Morgan fingerprint density at radius 2 is 1.95 bits per heavy atom. The van der Waals surface area contributed by atoms with Gasteiger partial charge >= 0.3 is 0 Å². The van der Waals surface area contributed by atoms with Gasteiger partial charge in [-0.1, -0.05) is 13.8 Å². The first-order valence-electron chi connectivity index (χ1n) is 7.59. The highest BCUT2D eigenvalue weighted by atomic mass is 16.5. The van der Waals surface area contributed by atoms with E-state index in [1.165, 1.54) is 11.3 Å². The molecule has 1 aliphatic heterocycles. The van der Waals surface area contributed by atoms with Gasteiger partial charge in [-0.3, -0.25) is 4.98 Å². The van der Waals surface area contributed by atoms with E-state index in [1.54, 1.807) is 14.2 Å². The minimum atomic E-state index is 0.125. The molecule has 118 valence electrons. The largest absolute Gasteiger partial charge is 0.377 e. The van der Waals surface area contributed by atoms with Crippen molar-refractivity contribution in [3.05, 3.63) is 24.0 Å². The van der Waals surface area contributed by atoms with E-state index in [1.807, 2.05) is 12.4 Å². The summed E-state index contributed by atoms with van der Waals surface area (Å²) in [6, 6.07) is 2.08. The summed E-state index contributed by atoms with van der Waals surface area (Å²) in [4.78, 5) is 6.59. The zero-order chi connectivity index (χ0) is 15.2. The fraction of sp³-hybridized carbons (Fsp3) is 0.688. The summed E-state index contributed by atoms with van der Waals surface area (Å²) >= 11 is 0. The number of nitrogens with zero attached hydrogens (tertiary/aromatic N) is 2. The number of rotatable bonds is 7. The van der Waals surface area contributed by atoms with Gasteiger partial charge in [0.1, 0.15) is 12.2 Å². The number of ether oxygens (including phenoxy) is 2. The van der Waals surface area contributed by atoms with Crippen molar-refractivity contribution < 1.29 is 9.47 Å². The standard InChI is InChI=1S/C16H27N3O2/c1-12(2)7-18-9-13-8-17-6-5-14(13)19-10-15(20-3)16(11-19)21-4/h5-6,8,12,15-16,18H,7,9-11H2,1-4H3. The van der Waals surface area contributed by atoms with Crippen molar-refractivity contribution in [3.8, 4) is 0 Å². The van der Waals surface area contributed by atoms with E-state index in [9.17, 15) is 0 Å². The van der Waals surface area contributed by atoms with Crippen LogP contribution in [-0.2, 0) is 16.0 Å². The maximum Gasteiger partial charge on any atom is 0.102 e. The molecule has 1 aliphatic rings. The molecule has 21 heavy (non-hydrogen) atoms. The highest BCUT2D eigenvalue weighted by Gasteiger charge is 2.33. The summed E-state index contributed by atoms with van der Waals surface area (Å²) < 4.78 is 11.0. The van der Waals surface area contributed by atoms with E-state index in [4.69, 9.17) is 9.47 Å². The Hall–Kier alpha value is -1.17. The van der Waals surface area contributed by atoms with Gasteiger partial charge in [-0.05, 0) is 18.5 Å². The Morgan fingerprint density at radius 3 is 2.52 bits per heavy atom. The van der Waals surface area contributed by atoms with Crippen LogP contribution < -0.4 is 10.2 Å². The minimum Gasteiger partial charge on any atom is -0.377 e. The van der Waals surface area contributed by atoms with Crippen LogP contribution >= 0.6 is 0 Å². The fourth-order valence-electron chi connectivity index (χ4n) is 2.75. The second-order valence-electron chi connectivity index (χ2n) is 5.98. The molecule has 1 N–H and O–H groups in total. The van der Waals surface area contributed by atoms with E-state index in [0.29, 0.717) is 5.92 Å². The van der Waals surface area contributed by atoms with Crippen molar-refractivity contribution in [1.82, 2.24) is 10.3 Å². The van der Waals surface area contributed by atoms with Crippen molar-refractivity contribution in [2.24, 2.45) is 5.92 Å². The maximum absolute atomic E-state index is 5.52. The van der Waals surface area contributed by atoms with Crippen LogP contribution in [0, 0.1) is 5.92 Å². The molecule has 0 aromatic carbocycles. The lowest BCUT2D eigenvalue weighted by Crippen LogP contribution is -2.27. The van der Waals surface area contributed by atoms with Crippen LogP contribution in [0.1, 0.15) is 19.4 Å². The third kappa shape index (κ3) is 4.15. The molecule has 2 atom stereocenters. The maximum atomic E-state index is 5.52. The first-order valence-corrected chi connectivity index (χ1v) is 7.59. The number of hydrogen-bond donors (Lipinski definition) is 1. The van der Waals surface area contributed by atoms with Crippen LogP contribution in [0.15, 0.2) is 18.5 Å². The molecular formula is C16H27N3O2. The zero-order valence-electron chi connectivity index (χ0n) is 13.5. The van der Waals surface area contributed by atoms with E-state index >= 15 is 0 Å². The second-order valence-corrected chi connectivity index (χ2v) is 5.98. The summed E-state index contributed by atoms with van der Waals surface area (Å²) in [6.45, 7) is 7.99. The highest BCUT2D eigenvalue weighted by molar-refractivity contribution is 5.53. The Kier molecular flexibility index (Phi) is 5.96. The van der Waals surface area contributed by atoms with Crippen LogP contribution in [0.4, 0.5) is 5.69 Å². The van der Waals surface area contributed by atoms with Crippen LogP contribution in [0.5, 0.6) is 0 Å². The van der Waals surface area contributed by atoms with Crippen molar-refractivity contribution in [2.45, 2.75) is 32.6 Å². The molecule has 2 unspecified atom stereocenters. The summed E-state index contributed by atoms with van der Waals surface area (Å²) in [5.41, 5.74) is 2.45. The second kappa shape index (κ2) is 7.73. The molecule has 2 rings (SSSR count). The Balaban J connectivity index is 2.06. The molecule has 1 fully saturated rings. The number of nitrogens with one attached hydrogen (secondary N) is 1. The monoisotopic (exact) mass is 293 g/mol. The molecular weight excluding hydrogens is 266 g/mol. The zero-order valence-corrected chi connectivity index (χ0v) is 13.5. The van der Waals surface area contributed by atoms with Gasteiger partial charge in [-0.2, -0.15) is 0 Å². The summed E-state index contributed by atoms with van der Waals surface area (Å²) in [5, 5.41) is 3.49. The number of anilines is 1. The highest BCUT2D eigenvalue weighted by Crippen LogP contribution is 2.26. The summed E-state index contributed by atoms with van der Waals surface area (Å²) in [7, 11) is 3.50. The lowest BCUT2D eigenvalue weighted by Gasteiger charge is -2.21. The van der Waals surface area contributed by atoms with Crippen LogP contribution in [-0.4, -0.2) is 51.0 Å². The van der Waals surface area contributed by atoms with Gasteiger partial charge in [-0.15, -0.1) is 0 Å². The average Bonchev–Trinajstić information content (AvgIpc) is 2.90. The molecule has 0 radical (unpaired) electrons. The fourth-order valence-corrected chi connectivity index (χ4v) is 2.75. The van der Waals surface area contributed by atoms with Crippen LogP contribution in [0.2, 0.25) is 0 Å². The molecule has 1 saturated heterocycles. The molecule has 1 aromatic rings. The van der Waals surface area contributed by atoms with E-state index < -0.39 is 0 Å². The van der Waals surface area contributed by atoms with Gasteiger partial charge in [-0.25, -0.2) is 0 Å². The molecule has 0 aliphatic carbocycles. The van der Waals surface area contributed by atoms with E-state index in [-0.39, 0.29) is 12.2 Å². The number of hydrogen-bond acceptors (Lipinski definition) is 5. The predicted octanol–water partition coefficient (Wildman–Crippen LogP) is 1.68. The van der Waals surface area contributed by atoms with Gasteiger partial charge in [0.2, 0.25) is 0 Å². The molecule has 0 saturated carbocycles. The van der Waals surface area contributed by atoms with Crippen molar-refractivity contribution in [1.29, 1.82) is 0 Å². The molecule has 5 heteroatoms. The average molecular weight is 293 g/mol. The summed E-state index contributed by atoms with van der Waals surface area (Å²) in [6.07, 6.45) is 4.05. The SMILES string of the molecule is COC1CN(c2ccncc2CNCC(C)C)CC1OC. The van der Waals surface area contributed by atoms with Gasteiger partial charge < -0.3 is 19.7 Å². The van der Waals surface area contributed by atoms with E-state index in [2.05, 4.69) is 35.1 Å². The molecule has 5 nitrogen and oxygen atoms in total. The lowest BCUT2D eigenvalue weighted by atomic mass is 10.2. The van der Waals surface area contributed by atoms with Gasteiger partial charge in [0, 0.05) is 57.5 Å². The topological polar surface area (TPSA) is 46.6 Å². The number of pyridine rings is 1. The first-order chi connectivity index (χ1) is 10.2. The smallest absolute Gasteiger partial charge is 0.102 e. The molecule has 0 spiro atoms. The van der Waals surface area contributed by atoms with Crippen LogP contribution in [0.25, 0.3) is 0 Å². The van der Waals surface area contributed by atoms with Crippen molar-refractivity contribution >= 4 is 5.69 Å². The summed E-state index contributed by atoms with van der Waals surface area (Å²) in [5.74, 6) is 0.646. The Bertz CT molecular complexity index is 427. The quantitative estimate of drug-likeness (QED) is 0.829. The molecule has 0 bridgehead atoms. The van der Waals surface area contributed by atoms with Crippen molar-refractivity contribution in [2.75, 3.05) is 38.8 Å². The molecule has 0 amide bonds. The Labute approximate surface area is 127 Å². The number of methoxy groups -OCH3 is 2. The lowest BCUT2D eigenvalue weighted by molar-refractivity contribution is -0.00461. The molecule has 1 aromatic heterocycles. The first kappa shape index (κ1) is 16.2. The van der Waals surface area contributed by atoms with Gasteiger partial charge in [0.15, 0.2) is 0 Å². The number of aromatic nitrogens is 1. The normalized spacial score (nSPS) is 22.2. The Morgan fingerprint density at radius 1 is 1.29 bits per heavy atom. The molecule has 2 heterocycles. The third-order valence-electron chi connectivity index (χ3n) is 3.91. The predicted molar refractivity (Wildman–Crippen MR) is 84.6 cm³/mol. The van der Waals surface area contributed by atoms with E-state index in [0.717, 1.165) is 26.2 Å². The third-order valence-corrected chi connectivity index (χ3v) is 3.91. The van der Waals surface area contributed by atoms with Gasteiger partial charge in [0.05, 0.1) is 0 Å². The van der Waals surface area contributed by atoms with Crippen LogP contribution in [0.3, 0.4) is 0 Å². The minimum absolute atomic E-state index is 0.125.